The maximum absolute atomic E-state index is 10.8. The predicted molar refractivity (Wildman–Crippen MR) is 44.3 cm³/mol. The Morgan fingerprint density at radius 3 is 2.85 bits per heavy atom. The van der Waals surface area contributed by atoms with E-state index in [1.54, 1.807) is 18.2 Å². The SMILES string of the molecule is O=C(OO)c1cc2ccccc2o1. The van der Waals surface area contributed by atoms with E-state index in [1.807, 2.05) is 6.07 Å². The van der Waals surface area contributed by atoms with Gasteiger partial charge in [-0.15, -0.1) is 0 Å². The van der Waals surface area contributed by atoms with Crippen LogP contribution in [0.2, 0.25) is 0 Å². The zero-order valence-electron chi connectivity index (χ0n) is 6.56. The molecular formula is C9H6O4. The Labute approximate surface area is 73.3 Å². The van der Waals surface area contributed by atoms with Crippen LogP contribution in [-0.2, 0) is 4.89 Å². The molecule has 0 aliphatic heterocycles. The molecule has 1 heterocycles. The van der Waals surface area contributed by atoms with Crippen LogP contribution in [-0.4, -0.2) is 11.2 Å². The molecule has 1 aromatic heterocycles. The van der Waals surface area contributed by atoms with Gasteiger partial charge >= 0.3 is 5.97 Å². The maximum atomic E-state index is 10.8. The lowest BCUT2D eigenvalue weighted by molar-refractivity contribution is -0.184. The van der Waals surface area contributed by atoms with Gasteiger partial charge in [0.25, 0.3) is 0 Å². The molecule has 2 aromatic rings. The van der Waals surface area contributed by atoms with E-state index in [4.69, 9.17) is 9.67 Å². The highest BCUT2D eigenvalue weighted by atomic mass is 17.1. The number of para-hydroxylation sites is 1. The van der Waals surface area contributed by atoms with E-state index in [1.165, 1.54) is 6.07 Å². The van der Waals surface area contributed by atoms with Crippen molar-refractivity contribution in [2.24, 2.45) is 0 Å². The van der Waals surface area contributed by atoms with Crippen LogP contribution in [0, 0.1) is 0 Å². The van der Waals surface area contributed by atoms with E-state index in [-0.39, 0.29) is 5.76 Å². The molecule has 4 heteroatoms. The average molecular weight is 178 g/mol. The van der Waals surface area contributed by atoms with Gasteiger partial charge in [0.15, 0.2) is 0 Å². The molecular weight excluding hydrogens is 172 g/mol. The van der Waals surface area contributed by atoms with Crippen LogP contribution in [0.4, 0.5) is 0 Å². The third-order valence-electron chi connectivity index (χ3n) is 1.71. The van der Waals surface area contributed by atoms with Crippen molar-refractivity contribution in [1.82, 2.24) is 0 Å². The Morgan fingerprint density at radius 1 is 1.38 bits per heavy atom. The first-order chi connectivity index (χ1) is 6.31. The average Bonchev–Trinajstić information content (AvgIpc) is 2.59. The summed E-state index contributed by atoms with van der Waals surface area (Å²) in [5.41, 5.74) is 0.586. The zero-order valence-corrected chi connectivity index (χ0v) is 6.56. The second kappa shape index (κ2) is 2.91. The fourth-order valence-electron chi connectivity index (χ4n) is 1.13. The summed E-state index contributed by atoms with van der Waals surface area (Å²) < 4.78 is 5.09. The quantitative estimate of drug-likeness (QED) is 0.536. The molecule has 0 bridgehead atoms. The fourth-order valence-corrected chi connectivity index (χ4v) is 1.13. The first kappa shape index (κ1) is 7.82. The Kier molecular flexibility index (Phi) is 1.75. The van der Waals surface area contributed by atoms with Crippen molar-refractivity contribution in [3.05, 3.63) is 36.1 Å². The van der Waals surface area contributed by atoms with E-state index in [0.29, 0.717) is 5.58 Å². The molecule has 0 atom stereocenters. The normalized spacial score (nSPS) is 10.2. The highest BCUT2D eigenvalue weighted by Gasteiger charge is 2.12. The number of carbonyl (C=O) groups excluding carboxylic acids is 1. The van der Waals surface area contributed by atoms with Crippen LogP contribution in [0.3, 0.4) is 0 Å². The third-order valence-corrected chi connectivity index (χ3v) is 1.71. The summed E-state index contributed by atoms with van der Waals surface area (Å²) in [7, 11) is 0. The van der Waals surface area contributed by atoms with Gasteiger partial charge in [-0.1, -0.05) is 18.2 Å². The molecule has 0 saturated heterocycles. The highest BCUT2D eigenvalue weighted by Crippen LogP contribution is 2.18. The molecule has 66 valence electrons. The molecule has 1 aromatic carbocycles. The summed E-state index contributed by atoms with van der Waals surface area (Å²) in [6.45, 7) is 0. The largest absolute Gasteiger partial charge is 0.449 e. The monoisotopic (exact) mass is 178 g/mol. The van der Waals surface area contributed by atoms with Crippen LogP contribution in [0.5, 0.6) is 0 Å². The lowest BCUT2D eigenvalue weighted by Gasteiger charge is -1.87. The first-order valence-electron chi connectivity index (χ1n) is 3.65. The molecule has 0 fully saturated rings. The van der Waals surface area contributed by atoms with Gasteiger partial charge in [0, 0.05) is 5.39 Å². The molecule has 1 N–H and O–H groups in total. The van der Waals surface area contributed by atoms with Gasteiger partial charge in [-0.2, -0.15) is 5.26 Å². The van der Waals surface area contributed by atoms with Gasteiger partial charge in [-0.3, -0.25) is 4.89 Å². The second-order valence-corrected chi connectivity index (χ2v) is 2.53. The van der Waals surface area contributed by atoms with Crippen molar-refractivity contribution in [1.29, 1.82) is 0 Å². The molecule has 0 radical (unpaired) electrons. The highest BCUT2D eigenvalue weighted by molar-refractivity contribution is 5.92. The number of furan rings is 1. The minimum Gasteiger partial charge on any atom is -0.449 e. The van der Waals surface area contributed by atoms with E-state index in [2.05, 4.69) is 4.89 Å². The molecule has 0 amide bonds. The van der Waals surface area contributed by atoms with Crippen molar-refractivity contribution in [3.8, 4) is 0 Å². The predicted octanol–water partition coefficient (Wildman–Crippen LogP) is 2.06. The van der Waals surface area contributed by atoms with Gasteiger partial charge in [0.1, 0.15) is 5.58 Å². The second-order valence-electron chi connectivity index (χ2n) is 2.53. The van der Waals surface area contributed by atoms with E-state index < -0.39 is 5.97 Å². The van der Waals surface area contributed by atoms with Crippen LogP contribution in [0.25, 0.3) is 11.0 Å². The minimum absolute atomic E-state index is 0.0105. The van der Waals surface area contributed by atoms with Crippen LogP contribution < -0.4 is 0 Å². The summed E-state index contributed by atoms with van der Waals surface area (Å²) in [4.78, 5) is 14.4. The molecule has 4 nitrogen and oxygen atoms in total. The molecule has 0 aliphatic rings. The summed E-state index contributed by atoms with van der Waals surface area (Å²) in [5, 5.41) is 8.90. The molecule has 2 rings (SSSR count). The Morgan fingerprint density at radius 2 is 2.15 bits per heavy atom. The fraction of sp³-hybridized carbons (Fsp3) is 0. The summed E-state index contributed by atoms with van der Waals surface area (Å²) in [6, 6.07) is 8.65. The summed E-state index contributed by atoms with van der Waals surface area (Å²) in [6.07, 6.45) is 0. The smallest absolute Gasteiger partial charge is 0.407 e. The summed E-state index contributed by atoms with van der Waals surface area (Å²) >= 11 is 0. The zero-order chi connectivity index (χ0) is 9.26. The Bertz CT molecular complexity index is 411. The topological polar surface area (TPSA) is 59.7 Å². The van der Waals surface area contributed by atoms with Crippen LogP contribution >= 0.6 is 0 Å². The number of hydrogen-bond donors (Lipinski definition) is 1. The standard InChI is InChI=1S/C9H6O4/c10-9(13-11)8-5-6-3-1-2-4-7(6)12-8/h1-5,11H. The number of rotatable bonds is 1. The summed E-state index contributed by atoms with van der Waals surface area (Å²) in [5.74, 6) is -0.903. The van der Waals surface area contributed by atoms with Gasteiger partial charge in [-0.05, 0) is 12.1 Å². The lowest BCUT2D eigenvalue weighted by Crippen LogP contribution is -1.98. The number of hydrogen-bond acceptors (Lipinski definition) is 4. The van der Waals surface area contributed by atoms with Crippen molar-refractivity contribution in [2.45, 2.75) is 0 Å². The Hall–Kier alpha value is -1.81. The number of benzene rings is 1. The first-order valence-corrected chi connectivity index (χ1v) is 3.65. The lowest BCUT2D eigenvalue weighted by atomic mass is 10.2. The van der Waals surface area contributed by atoms with Crippen LogP contribution in [0.15, 0.2) is 34.7 Å². The molecule has 0 saturated carbocycles. The van der Waals surface area contributed by atoms with Crippen molar-refractivity contribution < 1.29 is 19.4 Å². The number of carbonyl (C=O) groups is 1. The maximum Gasteiger partial charge on any atom is 0.407 e. The van der Waals surface area contributed by atoms with Crippen molar-refractivity contribution in [3.63, 3.8) is 0 Å². The van der Waals surface area contributed by atoms with E-state index >= 15 is 0 Å². The van der Waals surface area contributed by atoms with Gasteiger partial charge in [-0.25, -0.2) is 4.79 Å². The minimum atomic E-state index is -0.892. The molecule has 0 aliphatic carbocycles. The van der Waals surface area contributed by atoms with Crippen molar-refractivity contribution >= 4 is 16.9 Å². The van der Waals surface area contributed by atoms with Gasteiger partial charge in [0.2, 0.25) is 5.76 Å². The molecule has 0 unspecified atom stereocenters. The van der Waals surface area contributed by atoms with E-state index in [9.17, 15) is 4.79 Å². The third kappa shape index (κ3) is 1.27. The Balaban J connectivity index is 2.56. The molecule has 13 heavy (non-hydrogen) atoms. The van der Waals surface area contributed by atoms with Crippen molar-refractivity contribution in [2.75, 3.05) is 0 Å². The van der Waals surface area contributed by atoms with E-state index in [0.717, 1.165) is 5.39 Å². The molecule has 0 spiro atoms. The van der Waals surface area contributed by atoms with Gasteiger partial charge in [0.05, 0.1) is 0 Å². The van der Waals surface area contributed by atoms with Crippen LogP contribution in [0.1, 0.15) is 10.6 Å². The van der Waals surface area contributed by atoms with Gasteiger partial charge < -0.3 is 4.42 Å². The number of fused-ring (bicyclic) bond motifs is 1.